The first kappa shape index (κ1) is 29.3. The monoisotopic (exact) mass is 578 g/mol. The molecule has 3 aliphatic rings. The molecule has 0 spiro atoms. The molecule has 2 fully saturated rings. The summed E-state index contributed by atoms with van der Waals surface area (Å²) in [6, 6.07) is 11.7. The second-order valence-electron chi connectivity index (χ2n) is 11.9. The SMILES string of the molecule is CC1=C(C)N(c2cccc(C)c2)C(=O)N(C(=O)N2CCC(N3CCCCC3)CC2)[C@@H]1c1ccc(C)cc1S(C)(=O)=O. The number of carbonyl (C=O) groups excluding carboxylic acids is 2. The first-order valence-electron chi connectivity index (χ1n) is 14.7. The number of benzene rings is 2. The fourth-order valence-corrected chi connectivity index (χ4v) is 7.62. The summed E-state index contributed by atoms with van der Waals surface area (Å²) in [5.74, 6) is 0. The van der Waals surface area contributed by atoms with Gasteiger partial charge in [-0.1, -0.05) is 30.7 Å². The smallest absolute Gasteiger partial charge is 0.324 e. The zero-order valence-corrected chi connectivity index (χ0v) is 25.7. The van der Waals surface area contributed by atoms with Crippen LogP contribution in [0.2, 0.25) is 0 Å². The Labute approximate surface area is 244 Å². The number of amides is 4. The fourth-order valence-electron chi connectivity index (χ4n) is 6.61. The highest BCUT2D eigenvalue weighted by Crippen LogP contribution is 2.42. The van der Waals surface area contributed by atoms with E-state index in [1.54, 1.807) is 21.9 Å². The van der Waals surface area contributed by atoms with Crippen LogP contribution in [0.3, 0.4) is 0 Å². The molecule has 220 valence electrons. The minimum absolute atomic E-state index is 0.146. The summed E-state index contributed by atoms with van der Waals surface area (Å²) < 4.78 is 26.0. The number of anilines is 1. The zero-order valence-electron chi connectivity index (χ0n) is 24.9. The third-order valence-corrected chi connectivity index (χ3v) is 10.1. The van der Waals surface area contributed by atoms with Crippen molar-refractivity contribution in [2.75, 3.05) is 37.3 Å². The molecule has 4 amide bonds. The molecule has 1 atom stereocenters. The Bertz CT molecular complexity index is 1470. The Morgan fingerprint density at radius 1 is 0.854 bits per heavy atom. The first-order chi connectivity index (χ1) is 19.5. The quantitative estimate of drug-likeness (QED) is 0.441. The molecule has 0 radical (unpaired) electrons. The summed E-state index contributed by atoms with van der Waals surface area (Å²) in [6.45, 7) is 10.9. The van der Waals surface area contributed by atoms with Crippen LogP contribution in [0.4, 0.5) is 15.3 Å². The Kier molecular flexibility index (Phi) is 8.30. The van der Waals surface area contributed by atoms with Crippen molar-refractivity contribution in [3.63, 3.8) is 0 Å². The number of sulfone groups is 1. The number of piperidine rings is 2. The largest absolute Gasteiger partial charge is 0.337 e. The molecule has 41 heavy (non-hydrogen) atoms. The number of carbonyl (C=O) groups is 2. The summed E-state index contributed by atoms with van der Waals surface area (Å²) in [6.07, 6.45) is 6.65. The predicted molar refractivity (Wildman–Crippen MR) is 162 cm³/mol. The second-order valence-corrected chi connectivity index (χ2v) is 13.9. The highest BCUT2D eigenvalue weighted by molar-refractivity contribution is 7.90. The minimum Gasteiger partial charge on any atom is -0.324 e. The standard InChI is InChI=1S/C32H42N4O4S/c1-22-10-9-11-27(20-22)35-25(4)24(3)30(28-13-12-23(2)21-29(28)41(5,39)40)36(32(35)38)31(37)34-18-14-26(15-19-34)33-16-7-6-8-17-33/h9-13,20-21,26,30H,6-8,14-19H2,1-5H3/t30-/m0/s1. The van der Waals surface area contributed by atoms with Crippen LogP contribution in [-0.4, -0.2) is 73.7 Å². The Morgan fingerprint density at radius 2 is 1.51 bits per heavy atom. The summed E-state index contributed by atoms with van der Waals surface area (Å²) in [5, 5.41) is 0. The van der Waals surface area contributed by atoms with Gasteiger partial charge in [-0.2, -0.15) is 0 Å². The lowest BCUT2D eigenvalue weighted by molar-refractivity contribution is 0.0890. The average molecular weight is 579 g/mol. The zero-order chi connectivity index (χ0) is 29.5. The van der Waals surface area contributed by atoms with Gasteiger partial charge in [0.25, 0.3) is 0 Å². The van der Waals surface area contributed by atoms with Gasteiger partial charge in [0.1, 0.15) is 0 Å². The van der Waals surface area contributed by atoms with E-state index in [2.05, 4.69) is 4.90 Å². The van der Waals surface area contributed by atoms with E-state index in [0.29, 0.717) is 36.1 Å². The van der Waals surface area contributed by atoms with E-state index in [1.807, 2.05) is 58.0 Å². The second kappa shape index (κ2) is 11.6. The van der Waals surface area contributed by atoms with Gasteiger partial charge < -0.3 is 9.80 Å². The van der Waals surface area contributed by atoms with Crippen molar-refractivity contribution < 1.29 is 18.0 Å². The summed E-state index contributed by atoms with van der Waals surface area (Å²) in [7, 11) is -3.63. The molecule has 9 heteroatoms. The lowest BCUT2D eigenvalue weighted by atomic mass is 9.93. The molecule has 0 N–H and O–H groups in total. The number of hydrogen-bond acceptors (Lipinski definition) is 5. The normalized spacial score (nSPS) is 21.5. The van der Waals surface area contributed by atoms with Crippen molar-refractivity contribution in [1.29, 1.82) is 0 Å². The number of urea groups is 2. The molecule has 3 aliphatic heterocycles. The van der Waals surface area contributed by atoms with E-state index in [9.17, 15) is 18.0 Å². The molecule has 0 unspecified atom stereocenters. The lowest BCUT2D eigenvalue weighted by Gasteiger charge is -2.45. The lowest BCUT2D eigenvalue weighted by Crippen LogP contribution is -2.58. The molecule has 3 heterocycles. The van der Waals surface area contributed by atoms with Crippen molar-refractivity contribution in [3.05, 3.63) is 70.4 Å². The van der Waals surface area contributed by atoms with Crippen molar-refractivity contribution in [1.82, 2.24) is 14.7 Å². The predicted octanol–water partition coefficient (Wildman–Crippen LogP) is 6.05. The van der Waals surface area contributed by atoms with Gasteiger partial charge in [-0.15, -0.1) is 0 Å². The number of likely N-dealkylation sites (tertiary alicyclic amines) is 2. The molecular weight excluding hydrogens is 536 g/mol. The van der Waals surface area contributed by atoms with Crippen LogP contribution < -0.4 is 4.90 Å². The summed E-state index contributed by atoms with van der Waals surface area (Å²) in [5.41, 5.74) is 4.38. The van der Waals surface area contributed by atoms with Crippen molar-refractivity contribution in [3.8, 4) is 0 Å². The number of rotatable bonds is 4. The molecular formula is C32H42N4O4S. The van der Waals surface area contributed by atoms with Gasteiger partial charge in [-0.25, -0.2) is 22.9 Å². The van der Waals surface area contributed by atoms with E-state index in [0.717, 1.165) is 42.6 Å². The van der Waals surface area contributed by atoms with Crippen LogP contribution in [0.15, 0.2) is 58.6 Å². The van der Waals surface area contributed by atoms with E-state index in [-0.39, 0.29) is 10.9 Å². The number of aryl methyl sites for hydroxylation is 2. The maximum atomic E-state index is 14.4. The average Bonchev–Trinajstić information content (AvgIpc) is 2.95. The third-order valence-electron chi connectivity index (χ3n) is 8.94. The van der Waals surface area contributed by atoms with Gasteiger partial charge in [0.15, 0.2) is 9.84 Å². The van der Waals surface area contributed by atoms with Gasteiger partial charge in [0.05, 0.1) is 16.6 Å². The van der Waals surface area contributed by atoms with Gasteiger partial charge in [-0.3, -0.25) is 4.90 Å². The molecule has 2 aromatic carbocycles. The molecule has 8 nitrogen and oxygen atoms in total. The Balaban J connectivity index is 1.56. The summed E-state index contributed by atoms with van der Waals surface area (Å²) >= 11 is 0. The van der Waals surface area contributed by atoms with Crippen LogP contribution >= 0.6 is 0 Å². The highest BCUT2D eigenvalue weighted by Gasteiger charge is 2.45. The van der Waals surface area contributed by atoms with Crippen LogP contribution in [0, 0.1) is 13.8 Å². The molecule has 0 bridgehead atoms. The van der Waals surface area contributed by atoms with Crippen molar-refractivity contribution in [2.24, 2.45) is 0 Å². The maximum absolute atomic E-state index is 14.4. The molecule has 0 aromatic heterocycles. The van der Waals surface area contributed by atoms with Crippen molar-refractivity contribution >= 4 is 27.6 Å². The van der Waals surface area contributed by atoms with Crippen molar-refractivity contribution in [2.45, 2.75) is 76.8 Å². The first-order valence-corrected chi connectivity index (χ1v) is 16.6. The van der Waals surface area contributed by atoms with E-state index in [4.69, 9.17) is 0 Å². The molecule has 0 saturated carbocycles. The van der Waals surface area contributed by atoms with Gasteiger partial charge in [0, 0.05) is 31.1 Å². The Morgan fingerprint density at radius 3 is 2.15 bits per heavy atom. The van der Waals surface area contributed by atoms with Gasteiger partial charge in [-0.05, 0) is 107 Å². The topological polar surface area (TPSA) is 81.2 Å². The number of allylic oxidation sites excluding steroid dienone is 1. The van der Waals surface area contributed by atoms with Gasteiger partial charge >= 0.3 is 12.1 Å². The third kappa shape index (κ3) is 5.79. The maximum Gasteiger partial charge on any atom is 0.337 e. The van der Waals surface area contributed by atoms with Crippen LogP contribution in [0.1, 0.15) is 68.7 Å². The van der Waals surface area contributed by atoms with E-state index in [1.165, 1.54) is 30.4 Å². The molecule has 0 aliphatic carbocycles. The van der Waals surface area contributed by atoms with Crippen LogP contribution in [0.25, 0.3) is 0 Å². The number of nitrogens with zero attached hydrogens (tertiary/aromatic N) is 4. The van der Waals surface area contributed by atoms with E-state index < -0.39 is 21.9 Å². The number of hydrogen-bond donors (Lipinski definition) is 0. The van der Waals surface area contributed by atoms with Gasteiger partial charge in [0.2, 0.25) is 0 Å². The molecule has 2 aromatic rings. The van der Waals surface area contributed by atoms with Crippen LogP contribution in [-0.2, 0) is 9.84 Å². The summed E-state index contributed by atoms with van der Waals surface area (Å²) in [4.78, 5) is 36.2. The van der Waals surface area contributed by atoms with Crippen LogP contribution in [0.5, 0.6) is 0 Å². The minimum atomic E-state index is -3.63. The van der Waals surface area contributed by atoms with E-state index >= 15 is 0 Å². The molecule has 2 saturated heterocycles. The fraction of sp³-hybridized carbons (Fsp3) is 0.500. The Hall–Kier alpha value is -3.17. The highest BCUT2D eigenvalue weighted by atomic mass is 32.2. The molecule has 5 rings (SSSR count). The number of imide groups is 1.